The molecular formula is C27H25F3O4. The van der Waals surface area contributed by atoms with Crippen LogP contribution in [0.3, 0.4) is 0 Å². The van der Waals surface area contributed by atoms with E-state index in [1.807, 2.05) is 0 Å². The van der Waals surface area contributed by atoms with Crippen LogP contribution in [0.4, 0.5) is 13.2 Å². The predicted octanol–water partition coefficient (Wildman–Crippen LogP) is 6.41. The predicted molar refractivity (Wildman–Crippen MR) is 122 cm³/mol. The summed E-state index contributed by atoms with van der Waals surface area (Å²) in [6.45, 7) is 2.13. The molecule has 0 amide bonds. The van der Waals surface area contributed by atoms with Gasteiger partial charge in [0.15, 0.2) is 11.6 Å². The Morgan fingerprint density at radius 2 is 1.59 bits per heavy atom. The maximum absolute atomic E-state index is 14.9. The fourth-order valence-corrected chi connectivity index (χ4v) is 4.27. The van der Waals surface area contributed by atoms with Gasteiger partial charge in [-0.15, -0.1) is 0 Å². The first-order valence-electron chi connectivity index (χ1n) is 11.3. The maximum Gasteiger partial charge on any atom is 0.346 e. The second kappa shape index (κ2) is 10.3. The van der Waals surface area contributed by atoms with E-state index in [1.165, 1.54) is 42.5 Å². The quantitative estimate of drug-likeness (QED) is 0.334. The summed E-state index contributed by atoms with van der Waals surface area (Å²) in [5.41, 5.74) is 0.587. The van der Waals surface area contributed by atoms with Crippen LogP contribution in [0.25, 0.3) is 11.1 Å². The number of carbonyl (C=O) groups excluding carboxylic acids is 1. The lowest BCUT2D eigenvalue weighted by atomic mass is 9.82. The third kappa shape index (κ3) is 5.09. The molecule has 1 aliphatic rings. The van der Waals surface area contributed by atoms with Crippen LogP contribution in [0, 0.1) is 17.5 Å². The van der Waals surface area contributed by atoms with E-state index in [4.69, 9.17) is 9.47 Å². The normalized spacial score (nSPS) is 17.9. The van der Waals surface area contributed by atoms with Gasteiger partial charge in [0, 0.05) is 11.6 Å². The van der Waals surface area contributed by atoms with Crippen LogP contribution < -0.4 is 9.47 Å². The molecular weight excluding hydrogens is 445 g/mol. The minimum Gasteiger partial charge on any atom is -0.494 e. The highest BCUT2D eigenvalue weighted by Gasteiger charge is 2.25. The number of esters is 1. The van der Waals surface area contributed by atoms with E-state index in [0.717, 1.165) is 6.07 Å². The van der Waals surface area contributed by atoms with E-state index in [9.17, 15) is 23.1 Å². The summed E-state index contributed by atoms with van der Waals surface area (Å²) in [6.07, 6.45) is 2.02. The minimum atomic E-state index is -0.940. The lowest BCUT2D eigenvalue weighted by Crippen LogP contribution is -2.18. The van der Waals surface area contributed by atoms with E-state index >= 15 is 0 Å². The summed E-state index contributed by atoms with van der Waals surface area (Å²) in [5.74, 6) is -3.13. The van der Waals surface area contributed by atoms with Gasteiger partial charge in [-0.25, -0.2) is 18.0 Å². The molecule has 0 bridgehead atoms. The van der Waals surface area contributed by atoms with E-state index in [-0.39, 0.29) is 28.9 Å². The van der Waals surface area contributed by atoms with Crippen LogP contribution in [0.2, 0.25) is 0 Å². The maximum atomic E-state index is 14.9. The Hall–Kier alpha value is -3.32. The van der Waals surface area contributed by atoms with Crippen molar-refractivity contribution in [3.8, 4) is 22.6 Å². The number of halogens is 3. The van der Waals surface area contributed by atoms with Crippen LogP contribution in [0.5, 0.6) is 11.5 Å². The van der Waals surface area contributed by atoms with Gasteiger partial charge in [-0.3, -0.25) is 0 Å². The third-order valence-corrected chi connectivity index (χ3v) is 6.10. The average molecular weight is 470 g/mol. The molecule has 3 aromatic carbocycles. The van der Waals surface area contributed by atoms with Gasteiger partial charge in [-0.1, -0.05) is 24.3 Å². The molecule has 3 aromatic rings. The van der Waals surface area contributed by atoms with Crippen LogP contribution in [-0.2, 0) is 0 Å². The number of hydrogen-bond donors (Lipinski definition) is 1. The van der Waals surface area contributed by atoms with Gasteiger partial charge >= 0.3 is 5.97 Å². The molecule has 0 radical (unpaired) electrons. The smallest absolute Gasteiger partial charge is 0.346 e. The SMILES string of the molecule is CCOc1ccc(C(=O)Oc2ccc(-c3ccc(C4CCC(O)CC4)c(F)c3F)cc2)c(F)c1. The number of hydrogen-bond acceptors (Lipinski definition) is 4. The molecule has 7 heteroatoms. The van der Waals surface area contributed by atoms with Crippen molar-refractivity contribution in [2.45, 2.75) is 44.6 Å². The van der Waals surface area contributed by atoms with Crippen LogP contribution in [0.1, 0.15) is 54.4 Å². The molecule has 1 aliphatic carbocycles. The highest BCUT2D eigenvalue weighted by atomic mass is 19.2. The van der Waals surface area contributed by atoms with Gasteiger partial charge in [-0.2, -0.15) is 0 Å². The van der Waals surface area contributed by atoms with Crippen molar-refractivity contribution in [3.05, 3.63) is 83.2 Å². The average Bonchev–Trinajstić information content (AvgIpc) is 2.82. The van der Waals surface area contributed by atoms with Crippen molar-refractivity contribution in [3.63, 3.8) is 0 Å². The molecule has 1 saturated carbocycles. The van der Waals surface area contributed by atoms with Gasteiger partial charge in [-0.05, 0) is 73.9 Å². The van der Waals surface area contributed by atoms with E-state index in [0.29, 0.717) is 49.2 Å². The fraction of sp³-hybridized carbons (Fsp3) is 0.296. The van der Waals surface area contributed by atoms with E-state index in [2.05, 4.69) is 0 Å². The van der Waals surface area contributed by atoms with Gasteiger partial charge in [0.25, 0.3) is 0 Å². The molecule has 1 N–H and O–H groups in total. The zero-order valence-electron chi connectivity index (χ0n) is 18.7. The summed E-state index contributed by atoms with van der Waals surface area (Å²) in [5, 5.41) is 9.65. The number of aliphatic hydroxyl groups is 1. The molecule has 0 unspecified atom stereocenters. The largest absolute Gasteiger partial charge is 0.494 e. The Labute approximate surface area is 196 Å². The molecule has 4 rings (SSSR count). The molecule has 1 fully saturated rings. The third-order valence-electron chi connectivity index (χ3n) is 6.10. The Bertz CT molecular complexity index is 1170. The van der Waals surface area contributed by atoms with E-state index < -0.39 is 23.4 Å². The van der Waals surface area contributed by atoms with Crippen LogP contribution in [-0.4, -0.2) is 23.8 Å². The van der Waals surface area contributed by atoms with Crippen molar-refractivity contribution < 1.29 is 32.5 Å². The van der Waals surface area contributed by atoms with E-state index in [1.54, 1.807) is 13.0 Å². The second-order valence-corrected chi connectivity index (χ2v) is 8.32. The molecule has 0 aromatic heterocycles. The topological polar surface area (TPSA) is 55.8 Å². The molecule has 178 valence electrons. The Morgan fingerprint density at radius 3 is 2.24 bits per heavy atom. The van der Waals surface area contributed by atoms with Crippen molar-refractivity contribution >= 4 is 5.97 Å². The fourth-order valence-electron chi connectivity index (χ4n) is 4.27. The number of ether oxygens (including phenoxy) is 2. The van der Waals surface area contributed by atoms with Gasteiger partial charge in [0.1, 0.15) is 17.3 Å². The lowest BCUT2D eigenvalue weighted by Gasteiger charge is -2.26. The minimum absolute atomic E-state index is 0.0903. The summed E-state index contributed by atoms with van der Waals surface area (Å²) in [7, 11) is 0. The van der Waals surface area contributed by atoms with Crippen molar-refractivity contribution in [1.29, 1.82) is 0 Å². The summed E-state index contributed by atoms with van der Waals surface area (Å²) in [6, 6.07) is 12.9. The number of aliphatic hydroxyl groups excluding tert-OH is 1. The highest BCUT2D eigenvalue weighted by Crippen LogP contribution is 2.37. The van der Waals surface area contributed by atoms with Crippen molar-refractivity contribution in [2.75, 3.05) is 6.61 Å². The molecule has 0 heterocycles. The zero-order chi connectivity index (χ0) is 24.2. The van der Waals surface area contributed by atoms with Gasteiger partial charge in [0.2, 0.25) is 0 Å². The van der Waals surface area contributed by atoms with Crippen molar-refractivity contribution in [2.24, 2.45) is 0 Å². The summed E-state index contributed by atoms with van der Waals surface area (Å²) in [4.78, 5) is 12.3. The Balaban J connectivity index is 1.48. The summed E-state index contributed by atoms with van der Waals surface area (Å²) < 4.78 is 54.3. The summed E-state index contributed by atoms with van der Waals surface area (Å²) >= 11 is 0. The lowest BCUT2D eigenvalue weighted by molar-refractivity contribution is 0.0730. The molecule has 34 heavy (non-hydrogen) atoms. The highest BCUT2D eigenvalue weighted by molar-refractivity contribution is 5.91. The number of rotatable bonds is 6. The Kier molecular flexibility index (Phi) is 7.22. The second-order valence-electron chi connectivity index (χ2n) is 8.32. The molecule has 4 nitrogen and oxygen atoms in total. The molecule has 0 spiro atoms. The number of carbonyl (C=O) groups is 1. The van der Waals surface area contributed by atoms with Gasteiger partial charge < -0.3 is 14.6 Å². The first kappa shape index (κ1) is 23.8. The first-order chi connectivity index (χ1) is 16.4. The zero-order valence-corrected chi connectivity index (χ0v) is 18.7. The molecule has 0 atom stereocenters. The number of benzene rings is 3. The van der Waals surface area contributed by atoms with Crippen LogP contribution >= 0.6 is 0 Å². The molecule has 0 aliphatic heterocycles. The molecule has 0 saturated heterocycles. The van der Waals surface area contributed by atoms with Crippen molar-refractivity contribution in [1.82, 2.24) is 0 Å². The van der Waals surface area contributed by atoms with Crippen LogP contribution in [0.15, 0.2) is 54.6 Å². The van der Waals surface area contributed by atoms with Gasteiger partial charge in [0.05, 0.1) is 18.3 Å². The standard InChI is InChI=1S/C27H25F3O4/c1-2-33-20-11-12-23(24(28)15-20)27(32)34-19-9-5-17(6-10-19)22-14-13-21(25(29)26(22)30)16-3-7-18(31)8-4-16/h5-6,9-16,18,31H,2-4,7-8H2,1H3. The Morgan fingerprint density at radius 1 is 0.912 bits per heavy atom. The first-order valence-corrected chi connectivity index (χ1v) is 11.3. The monoisotopic (exact) mass is 470 g/mol.